The number of nitroso groups, excluding NO2 is 1. The molecule has 1 aromatic carbocycles. The van der Waals surface area contributed by atoms with Crippen molar-refractivity contribution in [3.63, 3.8) is 0 Å². The molecule has 6 heteroatoms. The van der Waals surface area contributed by atoms with Crippen molar-refractivity contribution in [1.29, 1.82) is 0 Å². The highest BCUT2D eigenvalue weighted by atomic mass is 16.3. The Morgan fingerprint density at radius 1 is 1.10 bits per heavy atom. The molecule has 1 heterocycles. The third-order valence-corrected chi connectivity index (χ3v) is 3.00. The van der Waals surface area contributed by atoms with Crippen LogP contribution in [0.4, 0.5) is 0 Å². The van der Waals surface area contributed by atoms with E-state index in [0.717, 1.165) is 16.5 Å². The lowest BCUT2D eigenvalue weighted by molar-refractivity contribution is -0.121. The second-order valence-electron chi connectivity index (χ2n) is 6.48. The normalized spacial score (nSPS) is 8.17. The number of nitrogens with two attached hydrogens (primary N) is 1. The molecule has 0 spiro atoms. The number of para-hydroxylation sites is 1. The Morgan fingerprint density at radius 3 is 2.10 bits per heavy atom. The molecule has 2 aromatic rings. The topological polar surface area (TPSA) is 100 Å². The Morgan fingerprint density at radius 2 is 1.60 bits per heavy atom. The maximum Gasteiger partial charge on any atom is 0.224 e. The zero-order chi connectivity index (χ0) is 22.8. The fraction of sp³-hybridized carbons (Fsp3) is 0.208. The Hall–Kier alpha value is -4.57. The van der Waals surface area contributed by atoms with Crippen LogP contribution in [0.25, 0.3) is 10.9 Å². The monoisotopic (exact) mass is 404 g/mol. The lowest BCUT2D eigenvalue weighted by Crippen LogP contribution is -2.41. The third-order valence-electron chi connectivity index (χ3n) is 3.00. The zero-order valence-corrected chi connectivity index (χ0v) is 17.1. The lowest BCUT2D eigenvalue weighted by Gasteiger charge is -2.20. The number of amides is 1. The number of hydrogen-bond acceptors (Lipinski definition) is 3. The molecule has 0 saturated heterocycles. The summed E-state index contributed by atoms with van der Waals surface area (Å²) in [7, 11) is 0. The first-order valence-corrected chi connectivity index (χ1v) is 8.58. The minimum Gasteiger partial charge on any atom is -0.361 e. The van der Waals surface area contributed by atoms with Crippen LogP contribution >= 0.6 is 0 Å². The van der Waals surface area contributed by atoms with E-state index in [2.05, 4.69) is 63.5 Å². The van der Waals surface area contributed by atoms with E-state index in [0.29, 0.717) is 6.42 Å². The van der Waals surface area contributed by atoms with Crippen LogP contribution in [0.2, 0.25) is 0 Å². The van der Waals surface area contributed by atoms with Crippen molar-refractivity contribution in [3.8, 4) is 60.2 Å². The fourth-order valence-electron chi connectivity index (χ4n) is 2.11. The zero-order valence-electron chi connectivity index (χ0n) is 17.1. The number of carbonyl (C=O) groups excluding carboxylic acids is 1. The average Bonchev–Trinajstić information content (AvgIpc) is 3.07. The van der Waals surface area contributed by atoms with Gasteiger partial charge in [0.2, 0.25) is 5.91 Å². The van der Waals surface area contributed by atoms with Crippen LogP contribution < -0.4 is 11.2 Å². The molecule has 2 rings (SSSR count). The maximum absolute atomic E-state index is 11.8. The molecular formula is C24H28N4O2. The van der Waals surface area contributed by atoms with Gasteiger partial charge in [0.25, 0.3) is 0 Å². The summed E-state index contributed by atoms with van der Waals surface area (Å²) in [5.41, 5.74) is 1.94. The molecule has 1 amide bonds. The van der Waals surface area contributed by atoms with Crippen LogP contribution in [-0.4, -0.2) is 16.4 Å². The molecule has 0 unspecified atom stereocenters. The molecule has 0 fully saturated rings. The Kier molecular flexibility index (Phi) is 12.3. The first kappa shape index (κ1) is 25.4. The number of aromatic amines is 1. The first-order valence-electron chi connectivity index (χ1n) is 8.58. The van der Waals surface area contributed by atoms with Crippen LogP contribution in [0.5, 0.6) is 0 Å². The van der Waals surface area contributed by atoms with E-state index in [4.69, 9.17) is 17.8 Å². The molecule has 0 saturated carbocycles. The Bertz CT molecular complexity index is 1100. The van der Waals surface area contributed by atoms with Gasteiger partial charge in [-0.05, 0) is 79.8 Å². The van der Waals surface area contributed by atoms with Crippen molar-refractivity contribution >= 4 is 16.8 Å². The number of terminal acetylenes is 2. The second-order valence-corrected chi connectivity index (χ2v) is 6.48. The SMILES string of the molecule is C#CC#CC#CC#CC#C.CC(C)(C)NC(=O)Cc1c[nH]c2ccccc12.NN=O.[HH].[HH].[HH]. The first-order chi connectivity index (χ1) is 14.3. The highest BCUT2D eigenvalue weighted by molar-refractivity contribution is 5.89. The summed E-state index contributed by atoms with van der Waals surface area (Å²) >= 11 is 0. The summed E-state index contributed by atoms with van der Waals surface area (Å²) < 4.78 is 0. The van der Waals surface area contributed by atoms with Gasteiger partial charge in [-0.15, -0.1) is 17.8 Å². The van der Waals surface area contributed by atoms with Crippen LogP contribution in [0.3, 0.4) is 0 Å². The van der Waals surface area contributed by atoms with Gasteiger partial charge in [0.15, 0.2) is 0 Å². The minimum absolute atomic E-state index is 0. The van der Waals surface area contributed by atoms with Crippen LogP contribution in [0.15, 0.2) is 35.7 Å². The van der Waals surface area contributed by atoms with E-state index in [9.17, 15) is 4.79 Å². The summed E-state index contributed by atoms with van der Waals surface area (Å²) in [6, 6.07) is 8.02. The van der Waals surface area contributed by atoms with E-state index < -0.39 is 0 Å². The smallest absolute Gasteiger partial charge is 0.224 e. The summed E-state index contributed by atoms with van der Waals surface area (Å²) in [5, 5.41) is 5.84. The largest absolute Gasteiger partial charge is 0.361 e. The summed E-state index contributed by atoms with van der Waals surface area (Å²) in [4.78, 5) is 23.4. The minimum atomic E-state index is -0.177. The number of hydrogen-bond donors (Lipinski definition) is 3. The molecule has 0 aliphatic heterocycles. The van der Waals surface area contributed by atoms with E-state index in [-0.39, 0.29) is 15.7 Å². The van der Waals surface area contributed by atoms with Crippen molar-refractivity contribution in [1.82, 2.24) is 10.3 Å². The Labute approximate surface area is 181 Å². The number of H-pyrrole nitrogens is 1. The van der Waals surface area contributed by atoms with Crippen molar-refractivity contribution in [2.24, 2.45) is 11.1 Å². The standard InChI is InChI=1S/C14H18N2O.C10H2.H2N2O.3H2/c1-14(2,3)16-13(17)8-10-9-15-12-7-5-4-6-11(10)12;1-3-5-7-9-10-8-6-4-2;1-2-3;;;/h4-7,9,15H,8H2,1-3H3,(H,16,17);1-2H;(H2,1,3);3*1H. The van der Waals surface area contributed by atoms with Gasteiger partial charge in [0.1, 0.15) is 0 Å². The molecule has 0 bridgehead atoms. The predicted octanol–water partition coefficient (Wildman–Crippen LogP) is 3.25. The van der Waals surface area contributed by atoms with Gasteiger partial charge in [0.05, 0.1) is 6.42 Å². The summed E-state index contributed by atoms with van der Waals surface area (Å²) in [5.74, 6) is 22.4. The molecule has 1 aromatic heterocycles. The van der Waals surface area contributed by atoms with Gasteiger partial charge in [-0.2, -0.15) is 0 Å². The summed E-state index contributed by atoms with van der Waals surface area (Å²) in [6.45, 7) is 5.96. The molecule has 0 radical (unpaired) electrons. The van der Waals surface area contributed by atoms with Gasteiger partial charge in [0, 0.05) is 32.2 Å². The van der Waals surface area contributed by atoms with Gasteiger partial charge in [-0.3, -0.25) is 10.6 Å². The van der Waals surface area contributed by atoms with Crippen LogP contribution in [0.1, 0.15) is 30.6 Å². The van der Waals surface area contributed by atoms with E-state index in [1.165, 1.54) is 0 Å². The number of rotatable bonds is 2. The molecule has 0 aliphatic rings. The molecule has 0 aliphatic carbocycles. The van der Waals surface area contributed by atoms with Crippen LogP contribution in [-0.2, 0) is 11.2 Å². The molecule has 4 N–H and O–H groups in total. The van der Waals surface area contributed by atoms with Crippen LogP contribution in [0, 0.1) is 65.1 Å². The van der Waals surface area contributed by atoms with E-state index >= 15 is 0 Å². The molecule has 30 heavy (non-hydrogen) atoms. The molecule has 6 nitrogen and oxygen atoms in total. The lowest BCUT2D eigenvalue weighted by atomic mass is 10.1. The average molecular weight is 405 g/mol. The van der Waals surface area contributed by atoms with Crippen molar-refractivity contribution in [2.45, 2.75) is 32.7 Å². The number of nitrogens with zero attached hydrogens (tertiary/aromatic N) is 1. The van der Waals surface area contributed by atoms with Gasteiger partial charge >= 0.3 is 0 Å². The molecule has 0 atom stereocenters. The predicted molar refractivity (Wildman–Crippen MR) is 127 cm³/mol. The van der Waals surface area contributed by atoms with E-state index in [1.807, 2.05) is 51.2 Å². The number of aromatic nitrogens is 1. The second kappa shape index (κ2) is 14.5. The number of benzene rings is 1. The number of carbonyl (C=O) groups is 1. The third kappa shape index (κ3) is 11.9. The maximum atomic E-state index is 11.8. The van der Waals surface area contributed by atoms with Crippen molar-refractivity contribution < 1.29 is 9.07 Å². The van der Waals surface area contributed by atoms with Crippen molar-refractivity contribution in [3.05, 3.63) is 40.9 Å². The fourth-order valence-corrected chi connectivity index (χ4v) is 2.11. The number of nitrogens with one attached hydrogen (secondary N) is 2. The van der Waals surface area contributed by atoms with Gasteiger partial charge in [-0.1, -0.05) is 18.2 Å². The van der Waals surface area contributed by atoms with Gasteiger partial charge < -0.3 is 10.3 Å². The Balaban J connectivity index is -0.000000230. The number of fused-ring (bicyclic) bond motifs is 1. The quantitative estimate of drug-likeness (QED) is 0.310. The highest BCUT2D eigenvalue weighted by Crippen LogP contribution is 2.18. The highest BCUT2D eigenvalue weighted by Gasteiger charge is 2.15. The molecule has 156 valence electrons. The van der Waals surface area contributed by atoms with Gasteiger partial charge in [-0.25, -0.2) is 0 Å². The van der Waals surface area contributed by atoms with E-state index in [1.54, 1.807) is 5.29 Å². The van der Waals surface area contributed by atoms with Crippen molar-refractivity contribution in [2.75, 3.05) is 0 Å². The summed E-state index contributed by atoms with van der Waals surface area (Å²) in [6.07, 6.45) is 11.9. The molecular weight excluding hydrogens is 376 g/mol.